The van der Waals surface area contributed by atoms with Gasteiger partial charge in [-0.25, -0.2) is 0 Å². The summed E-state index contributed by atoms with van der Waals surface area (Å²) in [5.41, 5.74) is 0. The van der Waals surface area contributed by atoms with Gasteiger partial charge in [-0.1, -0.05) is 26.7 Å². The van der Waals surface area contributed by atoms with Gasteiger partial charge >= 0.3 is 0 Å². The Morgan fingerprint density at radius 2 is 1.00 bits per heavy atom. The van der Waals surface area contributed by atoms with Crippen molar-refractivity contribution in [2.24, 2.45) is 0 Å². The van der Waals surface area contributed by atoms with Crippen LogP contribution in [0.5, 0.6) is 0 Å². The maximum absolute atomic E-state index is 3.44. The van der Waals surface area contributed by atoms with Gasteiger partial charge in [0.15, 0.2) is 0 Å². The van der Waals surface area contributed by atoms with Gasteiger partial charge in [-0.3, -0.25) is 0 Å². The monoisotopic (exact) mass is 186 g/mol. The first-order valence-electron chi connectivity index (χ1n) is 5.83. The van der Waals surface area contributed by atoms with Crippen LogP contribution in [0.1, 0.15) is 46.0 Å². The molecule has 0 bridgehead atoms. The summed E-state index contributed by atoms with van der Waals surface area (Å²) in [6.45, 7) is 9.16. The van der Waals surface area contributed by atoms with Crippen molar-refractivity contribution >= 4 is 0 Å². The van der Waals surface area contributed by atoms with Gasteiger partial charge in [0, 0.05) is 0 Å². The van der Waals surface area contributed by atoms with E-state index in [0.717, 1.165) is 0 Å². The smallest absolute Gasteiger partial charge is 0.00368 e. The molecule has 80 valence electrons. The van der Waals surface area contributed by atoms with E-state index >= 15 is 0 Å². The third-order valence-electron chi connectivity index (χ3n) is 2.12. The van der Waals surface area contributed by atoms with E-state index in [-0.39, 0.29) is 0 Å². The first-order chi connectivity index (χ1) is 6.41. The van der Waals surface area contributed by atoms with Gasteiger partial charge in [0.1, 0.15) is 0 Å². The molecule has 0 aromatic carbocycles. The molecule has 2 nitrogen and oxygen atoms in total. The minimum Gasteiger partial charge on any atom is -0.317 e. The second-order valence-corrected chi connectivity index (χ2v) is 3.56. The molecular weight excluding hydrogens is 160 g/mol. The normalized spacial score (nSPS) is 10.6. The zero-order valence-electron chi connectivity index (χ0n) is 9.36. The van der Waals surface area contributed by atoms with Crippen molar-refractivity contribution < 1.29 is 0 Å². The van der Waals surface area contributed by atoms with Gasteiger partial charge in [0.2, 0.25) is 0 Å². The third kappa shape index (κ3) is 11.9. The van der Waals surface area contributed by atoms with Crippen molar-refractivity contribution in [2.75, 3.05) is 26.2 Å². The van der Waals surface area contributed by atoms with E-state index in [1.54, 1.807) is 0 Å². The van der Waals surface area contributed by atoms with Crippen molar-refractivity contribution in [3.05, 3.63) is 0 Å². The van der Waals surface area contributed by atoms with Gasteiger partial charge in [-0.2, -0.15) is 0 Å². The lowest BCUT2D eigenvalue weighted by molar-refractivity contribution is 0.571. The van der Waals surface area contributed by atoms with Gasteiger partial charge < -0.3 is 10.6 Å². The standard InChI is InChI=1S/C11H26N2/c1-3-5-8-12-10-7-11-13-9-6-4-2/h12-13H,3-11H2,1-2H3. The number of unbranched alkanes of at least 4 members (excludes halogenated alkanes) is 2. The lowest BCUT2D eigenvalue weighted by atomic mass is 10.3. The predicted molar refractivity (Wildman–Crippen MR) is 60.2 cm³/mol. The van der Waals surface area contributed by atoms with E-state index < -0.39 is 0 Å². The van der Waals surface area contributed by atoms with Crippen LogP contribution in [0.25, 0.3) is 0 Å². The Hall–Kier alpha value is -0.0800. The van der Waals surface area contributed by atoms with Gasteiger partial charge in [-0.15, -0.1) is 0 Å². The maximum atomic E-state index is 3.44. The molecule has 0 heterocycles. The van der Waals surface area contributed by atoms with Crippen molar-refractivity contribution in [1.82, 2.24) is 10.6 Å². The van der Waals surface area contributed by atoms with Crippen LogP contribution in [0.2, 0.25) is 0 Å². The van der Waals surface area contributed by atoms with Crippen LogP contribution < -0.4 is 10.6 Å². The Morgan fingerprint density at radius 3 is 1.38 bits per heavy atom. The molecule has 0 aliphatic carbocycles. The van der Waals surface area contributed by atoms with E-state index in [1.807, 2.05) is 0 Å². The van der Waals surface area contributed by atoms with Crippen LogP contribution in [0.3, 0.4) is 0 Å². The molecule has 0 aromatic rings. The van der Waals surface area contributed by atoms with Crippen molar-refractivity contribution in [3.63, 3.8) is 0 Å². The highest BCUT2D eigenvalue weighted by Gasteiger charge is 1.88. The molecular formula is C11H26N2. The highest BCUT2D eigenvalue weighted by molar-refractivity contribution is 4.51. The largest absolute Gasteiger partial charge is 0.317 e. The molecule has 0 aromatic heterocycles. The molecule has 2 heteroatoms. The molecule has 0 aliphatic rings. The predicted octanol–water partition coefficient (Wildman–Crippen LogP) is 2.16. The lowest BCUT2D eigenvalue weighted by Gasteiger charge is -2.04. The number of rotatable bonds is 10. The Morgan fingerprint density at radius 1 is 0.615 bits per heavy atom. The molecule has 0 radical (unpaired) electrons. The van der Waals surface area contributed by atoms with Gasteiger partial charge in [0.25, 0.3) is 0 Å². The first kappa shape index (κ1) is 12.9. The van der Waals surface area contributed by atoms with Gasteiger partial charge in [-0.05, 0) is 45.4 Å². The van der Waals surface area contributed by atoms with E-state index in [0.29, 0.717) is 0 Å². The molecule has 0 amide bonds. The molecule has 0 unspecified atom stereocenters. The molecule has 0 aliphatic heterocycles. The Balaban J connectivity index is 2.76. The SMILES string of the molecule is CCCCNCCCNCCCC. The highest BCUT2D eigenvalue weighted by atomic mass is 14.9. The molecule has 0 fully saturated rings. The number of nitrogens with one attached hydrogen (secondary N) is 2. The maximum Gasteiger partial charge on any atom is -0.00368 e. The zero-order valence-corrected chi connectivity index (χ0v) is 9.36. The molecule has 0 saturated heterocycles. The Bertz CT molecular complexity index is 74.2. The summed E-state index contributed by atoms with van der Waals surface area (Å²) in [4.78, 5) is 0. The fourth-order valence-electron chi connectivity index (χ4n) is 1.19. The van der Waals surface area contributed by atoms with Gasteiger partial charge in [0.05, 0.1) is 0 Å². The number of hydrogen-bond donors (Lipinski definition) is 2. The van der Waals surface area contributed by atoms with Crippen LogP contribution in [-0.2, 0) is 0 Å². The summed E-state index contributed by atoms with van der Waals surface area (Å²) in [6, 6.07) is 0. The summed E-state index contributed by atoms with van der Waals surface area (Å²) < 4.78 is 0. The molecule has 0 spiro atoms. The molecule has 0 atom stereocenters. The van der Waals surface area contributed by atoms with E-state index in [4.69, 9.17) is 0 Å². The third-order valence-corrected chi connectivity index (χ3v) is 2.12. The highest BCUT2D eigenvalue weighted by Crippen LogP contribution is 1.84. The summed E-state index contributed by atoms with van der Waals surface area (Å²) in [6.07, 6.45) is 6.46. The lowest BCUT2D eigenvalue weighted by Crippen LogP contribution is -2.23. The van der Waals surface area contributed by atoms with Crippen molar-refractivity contribution in [2.45, 2.75) is 46.0 Å². The molecule has 13 heavy (non-hydrogen) atoms. The van der Waals surface area contributed by atoms with E-state index in [1.165, 1.54) is 58.3 Å². The van der Waals surface area contributed by atoms with Crippen LogP contribution in [0.15, 0.2) is 0 Å². The Labute approximate surface area is 83.5 Å². The first-order valence-corrected chi connectivity index (χ1v) is 5.83. The minimum absolute atomic E-state index is 1.17. The zero-order chi connectivity index (χ0) is 9.78. The summed E-state index contributed by atoms with van der Waals surface area (Å²) in [5, 5.41) is 6.87. The average molecular weight is 186 g/mol. The number of hydrogen-bond acceptors (Lipinski definition) is 2. The second-order valence-electron chi connectivity index (χ2n) is 3.56. The minimum atomic E-state index is 1.17. The summed E-state index contributed by atoms with van der Waals surface area (Å²) in [5.74, 6) is 0. The van der Waals surface area contributed by atoms with E-state index in [9.17, 15) is 0 Å². The molecule has 0 saturated carbocycles. The fraction of sp³-hybridized carbons (Fsp3) is 1.00. The van der Waals surface area contributed by atoms with Crippen LogP contribution >= 0.6 is 0 Å². The topological polar surface area (TPSA) is 24.1 Å². The fourth-order valence-corrected chi connectivity index (χ4v) is 1.19. The van der Waals surface area contributed by atoms with E-state index in [2.05, 4.69) is 24.5 Å². The van der Waals surface area contributed by atoms with Crippen molar-refractivity contribution in [3.8, 4) is 0 Å². The van der Waals surface area contributed by atoms with Crippen LogP contribution in [-0.4, -0.2) is 26.2 Å². The average Bonchev–Trinajstić information content (AvgIpc) is 2.16. The molecule has 0 rings (SSSR count). The van der Waals surface area contributed by atoms with Crippen LogP contribution in [0.4, 0.5) is 0 Å². The second kappa shape index (κ2) is 11.9. The Kier molecular flexibility index (Phi) is 11.8. The summed E-state index contributed by atoms with van der Waals surface area (Å²) >= 11 is 0. The van der Waals surface area contributed by atoms with Crippen molar-refractivity contribution in [1.29, 1.82) is 0 Å². The van der Waals surface area contributed by atoms with Crippen LogP contribution in [0, 0.1) is 0 Å². The quantitative estimate of drug-likeness (QED) is 0.511. The molecule has 2 N–H and O–H groups in total. The summed E-state index contributed by atoms with van der Waals surface area (Å²) in [7, 11) is 0.